The number of nitrogens with zero attached hydrogens (tertiary/aromatic N) is 1. The van der Waals surface area contributed by atoms with E-state index < -0.39 is 11.9 Å². The van der Waals surface area contributed by atoms with Gasteiger partial charge in [-0.25, -0.2) is 4.79 Å². The van der Waals surface area contributed by atoms with Crippen LogP contribution in [0.25, 0.3) is 0 Å². The Morgan fingerprint density at radius 1 is 1.26 bits per heavy atom. The third-order valence-corrected chi connectivity index (χ3v) is 1.80. The molecule has 8 heteroatoms. The number of aromatic carboxylic acids is 2. The quantitative estimate of drug-likeness (QED) is 0.419. The van der Waals surface area contributed by atoms with Crippen molar-refractivity contribution in [3.63, 3.8) is 0 Å². The summed E-state index contributed by atoms with van der Waals surface area (Å²) in [5.74, 6) is -2.53. The number of rotatable bonds is 2. The summed E-state index contributed by atoms with van der Waals surface area (Å²) in [5.41, 5.74) is 1.56. The van der Waals surface area contributed by atoms with Gasteiger partial charge >= 0.3 is 57.4 Å². The van der Waals surface area contributed by atoms with Gasteiger partial charge in [0, 0.05) is 6.08 Å². The minimum atomic E-state index is -1.38. The van der Waals surface area contributed by atoms with E-state index in [2.05, 4.69) is 5.10 Å². The van der Waals surface area contributed by atoms with Crippen molar-refractivity contribution in [1.29, 1.82) is 0 Å². The molecule has 0 saturated heterocycles. The molecular weight excluding hydrogens is 279 g/mol. The topological polar surface area (TPSA) is 136 Å². The summed E-state index contributed by atoms with van der Waals surface area (Å²) in [6.45, 7) is 0. The van der Waals surface area contributed by atoms with Gasteiger partial charge in [-0.05, 0) is 17.7 Å². The van der Waals surface area contributed by atoms with Crippen LogP contribution in [0.3, 0.4) is 0 Å². The van der Waals surface area contributed by atoms with E-state index in [4.69, 9.17) is 5.11 Å². The number of carbonyl (C=O) groups is 2. The molecule has 1 aliphatic rings. The Morgan fingerprint density at radius 3 is 2.26 bits per heavy atom. The molecular formula is C11H11KN2O5. The molecule has 0 aliphatic carbocycles. The zero-order valence-electron chi connectivity index (χ0n) is 10.2. The average Bonchev–Trinajstić information content (AvgIpc) is 2.87. The number of hydrogen-bond donors (Lipinski definition) is 2. The molecule has 4 N–H and O–H groups in total. The molecule has 0 radical (unpaired) electrons. The van der Waals surface area contributed by atoms with Crippen LogP contribution in [0.5, 0.6) is 0 Å². The van der Waals surface area contributed by atoms with Gasteiger partial charge in [0.2, 0.25) is 0 Å². The van der Waals surface area contributed by atoms with Gasteiger partial charge in [0.15, 0.2) is 0 Å². The molecule has 19 heavy (non-hydrogen) atoms. The first-order valence-corrected chi connectivity index (χ1v) is 4.67. The van der Waals surface area contributed by atoms with Gasteiger partial charge in [-0.3, -0.25) is 0 Å². The van der Waals surface area contributed by atoms with Gasteiger partial charge < -0.3 is 20.5 Å². The molecule has 0 bridgehead atoms. The van der Waals surface area contributed by atoms with E-state index in [0.29, 0.717) is 0 Å². The second-order valence-electron chi connectivity index (χ2n) is 3.01. The second-order valence-corrected chi connectivity index (χ2v) is 3.01. The molecule has 0 saturated carbocycles. The van der Waals surface area contributed by atoms with E-state index >= 15 is 0 Å². The molecule has 1 aliphatic heterocycles. The Balaban J connectivity index is 0. The summed E-state index contributed by atoms with van der Waals surface area (Å²) in [5, 5.41) is 22.5. The molecule has 1 heterocycles. The summed E-state index contributed by atoms with van der Waals surface area (Å²) in [4.78, 5) is 20.6. The minimum absolute atomic E-state index is 0. The summed E-state index contributed by atoms with van der Waals surface area (Å²) in [6, 6.07) is 5.00. The largest absolute Gasteiger partial charge is 1.00 e. The van der Waals surface area contributed by atoms with Crippen molar-refractivity contribution in [3.05, 3.63) is 47.7 Å². The van der Waals surface area contributed by atoms with Gasteiger partial charge in [-0.1, -0.05) is 17.2 Å². The predicted molar refractivity (Wildman–Crippen MR) is 59.2 cm³/mol. The van der Waals surface area contributed by atoms with Gasteiger partial charge in [-0.2, -0.15) is 5.43 Å². The molecule has 2 rings (SSSR count). The van der Waals surface area contributed by atoms with E-state index in [-0.39, 0.29) is 68.0 Å². The maximum absolute atomic E-state index is 10.4. The fraction of sp³-hybridized carbons (Fsp3) is 0. The van der Waals surface area contributed by atoms with Crippen LogP contribution in [0.1, 0.15) is 20.7 Å². The summed E-state index contributed by atoms with van der Waals surface area (Å²) in [6.07, 6.45) is 5.53. The number of carbonyl (C=O) groups excluding carboxylic acids is 1. The van der Waals surface area contributed by atoms with Crippen LogP contribution >= 0.6 is 0 Å². The zero-order valence-corrected chi connectivity index (χ0v) is 13.3. The monoisotopic (exact) mass is 290 g/mol. The Hall–Kier alpha value is -0.874. The molecule has 0 amide bonds. The Morgan fingerprint density at radius 2 is 1.89 bits per heavy atom. The van der Waals surface area contributed by atoms with Crippen molar-refractivity contribution in [3.8, 4) is 0 Å². The molecule has 0 unspecified atom stereocenters. The molecule has 7 nitrogen and oxygen atoms in total. The second kappa shape index (κ2) is 11.0. The summed E-state index contributed by atoms with van der Waals surface area (Å²) in [7, 11) is 0. The first kappa shape index (κ1) is 20.4. The molecule has 0 spiro atoms. The normalized spacial score (nSPS) is 10.5. The fourth-order valence-corrected chi connectivity index (χ4v) is 1.03. The first-order valence-electron chi connectivity index (χ1n) is 4.67. The van der Waals surface area contributed by atoms with Crippen LogP contribution < -0.4 is 61.9 Å². The van der Waals surface area contributed by atoms with E-state index in [1.165, 1.54) is 18.2 Å². The smallest absolute Gasteiger partial charge is 0.870 e. The number of nitrogens with two attached hydrogens (primary N) is 1. The van der Waals surface area contributed by atoms with E-state index in [1.54, 1.807) is 11.6 Å². The third-order valence-electron chi connectivity index (χ3n) is 1.80. The standard InChI is InChI=1S/C8H6O4.C3H4N2.K.H2O/c9-7(10)5-2-1-3-6(4-5)8(11)12;1-2-4-5-3-1;;/h1-4H,(H,9,10)(H,11,12);1-3H,(H,4,5);;1H2/q;;+1;/p-1. The van der Waals surface area contributed by atoms with Crippen molar-refractivity contribution in [2.45, 2.75) is 0 Å². The fourth-order valence-electron chi connectivity index (χ4n) is 1.03. The van der Waals surface area contributed by atoms with Crippen molar-refractivity contribution in [1.82, 2.24) is 0 Å². The number of quaternary nitrogens is 1. The predicted octanol–water partition coefficient (Wildman–Crippen LogP) is -4.36. The van der Waals surface area contributed by atoms with Crippen LogP contribution in [0.4, 0.5) is 0 Å². The third kappa shape index (κ3) is 8.00. The van der Waals surface area contributed by atoms with Gasteiger partial charge in [-0.15, -0.1) is 0 Å². The number of benzene rings is 1. The zero-order chi connectivity index (χ0) is 12.7. The first-order chi connectivity index (χ1) is 8.11. The van der Waals surface area contributed by atoms with E-state index in [9.17, 15) is 14.7 Å². The summed E-state index contributed by atoms with van der Waals surface area (Å²) < 4.78 is 0. The Bertz CT molecular complexity index is 448. The van der Waals surface area contributed by atoms with E-state index in [1.807, 2.05) is 12.3 Å². The molecule has 0 atom stereocenters. The van der Waals surface area contributed by atoms with Gasteiger partial charge in [0.25, 0.3) is 0 Å². The number of allylic oxidation sites excluding steroid dienone is 1. The number of carboxylic acid groups (broad SMARTS) is 2. The average molecular weight is 290 g/mol. The maximum atomic E-state index is 10.4. The molecule has 1 aromatic carbocycles. The molecule has 0 fully saturated rings. The summed E-state index contributed by atoms with van der Waals surface area (Å²) >= 11 is 0. The van der Waals surface area contributed by atoms with Crippen LogP contribution in [0.15, 0.2) is 41.6 Å². The Kier molecular flexibility index (Phi) is 11.8. The number of hydrogen-bond acceptors (Lipinski definition) is 5. The van der Waals surface area contributed by atoms with Gasteiger partial charge in [0.1, 0.15) is 6.20 Å². The van der Waals surface area contributed by atoms with E-state index in [0.717, 1.165) is 6.07 Å². The van der Waals surface area contributed by atoms with Crippen LogP contribution in [0, 0.1) is 0 Å². The Labute approximate surface area is 151 Å². The molecule has 96 valence electrons. The van der Waals surface area contributed by atoms with Crippen molar-refractivity contribution >= 4 is 18.2 Å². The minimum Gasteiger partial charge on any atom is -0.870 e. The van der Waals surface area contributed by atoms with Gasteiger partial charge in [0.05, 0.1) is 17.7 Å². The van der Waals surface area contributed by atoms with Crippen molar-refractivity contribution < 1.29 is 82.1 Å². The number of carboxylic acids is 2. The van der Waals surface area contributed by atoms with Crippen LogP contribution in [-0.4, -0.2) is 28.7 Å². The molecule has 0 aromatic heterocycles. The van der Waals surface area contributed by atoms with Crippen LogP contribution in [-0.2, 0) is 0 Å². The van der Waals surface area contributed by atoms with Crippen LogP contribution in [0.2, 0.25) is 0 Å². The van der Waals surface area contributed by atoms with Crippen molar-refractivity contribution in [2.75, 3.05) is 0 Å². The SMILES string of the molecule is C1=C[NH2+]N=C1.O=C([O-])c1cccc(C(=O)O)c1.[K+].[OH-]. The van der Waals surface area contributed by atoms with Crippen molar-refractivity contribution in [2.24, 2.45) is 5.10 Å². The maximum Gasteiger partial charge on any atom is 1.00 e. The molecule has 1 aromatic rings.